The quantitative estimate of drug-likeness (QED) is 0.702. The predicted molar refractivity (Wildman–Crippen MR) is 106 cm³/mol. The lowest BCUT2D eigenvalue weighted by Gasteiger charge is -2.35. The van der Waals surface area contributed by atoms with Crippen LogP contribution in [0.15, 0.2) is 36.4 Å². The number of rotatable bonds is 3. The Morgan fingerprint density at radius 1 is 1.14 bits per heavy atom. The van der Waals surface area contributed by atoms with Crippen LogP contribution in [0.25, 0.3) is 5.69 Å². The van der Waals surface area contributed by atoms with E-state index in [1.807, 2.05) is 73.8 Å². The minimum absolute atomic E-state index is 0.0664. The molecular weight excluding hydrogens is 354 g/mol. The maximum atomic E-state index is 13.2. The summed E-state index contributed by atoms with van der Waals surface area (Å²) in [5.74, 6) is -0.0664. The fraction of sp³-hybridized carbons (Fsp3) is 0.381. The molecule has 0 unspecified atom stereocenters. The van der Waals surface area contributed by atoms with Crippen LogP contribution in [0.3, 0.4) is 0 Å². The van der Waals surface area contributed by atoms with E-state index < -0.39 is 0 Å². The second kappa shape index (κ2) is 7.24. The molecule has 0 N–H and O–H groups in total. The Labute approximate surface area is 164 Å². The number of para-hydroxylation sites is 1. The summed E-state index contributed by atoms with van der Waals surface area (Å²) in [6.07, 6.45) is 0. The highest BCUT2D eigenvalue weighted by molar-refractivity contribution is 5.92. The maximum absolute atomic E-state index is 13.2. The molecule has 1 aliphatic rings. The third-order valence-electron chi connectivity index (χ3n) is 5.40. The van der Waals surface area contributed by atoms with Gasteiger partial charge in [0, 0.05) is 30.5 Å². The molecule has 0 aliphatic carbocycles. The lowest BCUT2D eigenvalue weighted by atomic mass is 10.0. The van der Waals surface area contributed by atoms with Gasteiger partial charge < -0.3 is 9.64 Å². The van der Waals surface area contributed by atoms with Crippen molar-refractivity contribution >= 4 is 5.91 Å². The zero-order valence-corrected chi connectivity index (χ0v) is 16.7. The maximum Gasteiger partial charge on any atom is 0.275 e. The first-order valence-corrected chi connectivity index (χ1v) is 9.48. The lowest BCUT2D eigenvalue weighted by Crippen LogP contribution is -2.44. The zero-order chi connectivity index (χ0) is 19.8. The van der Waals surface area contributed by atoms with Gasteiger partial charge in [-0.05, 0) is 39.0 Å². The number of aryl methyl sites for hydroxylation is 3. The van der Waals surface area contributed by atoms with Crippen LogP contribution in [-0.4, -0.2) is 50.1 Å². The van der Waals surface area contributed by atoms with Gasteiger partial charge in [-0.1, -0.05) is 18.2 Å². The van der Waals surface area contributed by atoms with Gasteiger partial charge in [0.05, 0.1) is 30.6 Å². The van der Waals surface area contributed by atoms with Crippen LogP contribution in [0.2, 0.25) is 0 Å². The van der Waals surface area contributed by atoms with E-state index in [9.17, 15) is 4.79 Å². The van der Waals surface area contributed by atoms with Crippen LogP contribution in [0.4, 0.5) is 0 Å². The van der Waals surface area contributed by atoms with Crippen molar-refractivity contribution in [2.45, 2.75) is 26.8 Å². The number of nitrogens with zero attached hydrogens (tertiary/aromatic N) is 5. The summed E-state index contributed by atoms with van der Waals surface area (Å²) >= 11 is 0. The standard InChI is InChI=1S/C21H25N5O2/c1-14-12-18(23-24(14)4)21(27)25-10-11-28-13-19(25)20-15(2)22-26(16(20)3)17-8-6-5-7-9-17/h5-9,12,19H,10-11,13H2,1-4H3/t19-/m0/s1. The van der Waals surface area contributed by atoms with Crippen molar-refractivity contribution in [3.05, 3.63) is 64.7 Å². The third-order valence-corrected chi connectivity index (χ3v) is 5.40. The molecule has 0 saturated carbocycles. The van der Waals surface area contributed by atoms with Crippen molar-refractivity contribution in [1.82, 2.24) is 24.5 Å². The normalized spacial score (nSPS) is 17.1. The van der Waals surface area contributed by atoms with Crippen LogP contribution in [-0.2, 0) is 11.8 Å². The predicted octanol–water partition coefficient (Wildman–Crippen LogP) is 2.74. The fourth-order valence-electron chi connectivity index (χ4n) is 3.86. The number of morpholine rings is 1. The molecule has 1 aliphatic heterocycles. The summed E-state index contributed by atoms with van der Waals surface area (Å²) in [5, 5.41) is 9.12. The molecule has 1 amide bonds. The Bertz CT molecular complexity index is 986. The molecular formula is C21H25N5O2. The number of amides is 1. The van der Waals surface area contributed by atoms with Crippen molar-refractivity contribution < 1.29 is 9.53 Å². The smallest absolute Gasteiger partial charge is 0.275 e. The monoisotopic (exact) mass is 379 g/mol. The number of carbonyl (C=O) groups is 1. The molecule has 3 aromatic rings. The molecule has 3 heterocycles. The minimum atomic E-state index is -0.180. The highest BCUT2D eigenvalue weighted by Gasteiger charge is 2.34. The van der Waals surface area contributed by atoms with Crippen molar-refractivity contribution in [1.29, 1.82) is 0 Å². The second-order valence-electron chi connectivity index (χ2n) is 7.22. The number of benzene rings is 1. The molecule has 7 heteroatoms. The summed E-state index contributed by atoms with van der Waals surface area (Å²) in [6, 6.07) is 11.7. The molecule has 2 aromatic heterocycles. The Balaban J connectivity index is 1.72. The molecule has 1 saturated heterocycles. The molecule has 7 nitrogen and oxygen atoms in total. The van der Waals surface area contributed by atoms with Crippen LogP contribution < -0.4 is 0 Å². The fourth-order valence-corrected chi connectivity index (χ4v) is 3.86. The lowest BCUT2D eigenvalue weighted by molar-refractivity contribution is -0.00338. The van der Waals surface area contributed by atoms with Gasteiger partial charge in [0.15, 0.2) is 5.69 Å². The van der Waals surface area contributed by atoms with Crippen molar-refractivity contribution in [2.75, 3.05) is 19.8 Å². The Hall–Kier alpha value is -2.93. The van der Waals surface area contributed by atoms with E-state index >= 15 is 0 Å². The van der Waals surface area contributed by atoms with E-state index in [4.69, 9.17) is 9.84 Å². The van der Waals surface area contributed by atoms with E-state index in [0.717, 1.165) is 28.3 Å². The highest BCUT2D eigenvalue weighted by Crippen LogP contribution is 2.31. The largest absolute Gasteiger partial charge is 0.377 e. The van der Waals surface area contributed by atoms with Crippen molar-refractivity contribution in [3.63, 3.8) is 0 Å². The van der Waals surface area contributed by atoms with Gasteiger partial charge >= 0.3 is 0 Å². The van der Waals surface area contributed by atoms with E-state index in [-0.39, 0.29) is 11.9 Å². The van der Waals surface area contributed by atoms with E-state index in [2.05, 4.69) is 5.10 Å². The summed E-state index contributed by atoms with van der Waals surface area (Å²) in [6.45, 7) is 7.50. The molecule has 4 rings (SSSR count). The number of aromatic nitrogens is 4. The molecule has 146 valence electrons. The highest BCUT2D eigenvalue weighted by atomic mass is 16.5. The summed E-state index contributed by atoms with van der Waals surface area (Å²) in [4.78, 5) is 15.1. The van der Waals surface area contributed by atoms with Gasteiger partial charge in [0.25, 0.3) is 5.91 Å². The molecule has 0 bridgehead atoms. The first-order valence-electron chi connectivity index (χ1n) is 9.48. The molecule has 28 heavy (non-hydrogen) atoms. The molecule has 1 aromatic carbocycles. The SMILES string of the molecule is Cc1nn(-c2ccccc2)c(C)c1[C@@H]1COCCN1C(=O)c1cc(C)n(C)n1. The molecule has 0 radical (unpaired) electrons. The molecule has 0 spiro atoms. The van der Waals surface area contributed by atoms with Gasteiger partial charge in [0.2, 0.25) is 0 Å². The summed E-state index contributed by atoms with van der Waals surface area (Å²) in [5.41, 5.74) is 5.41. The Morgan fingerprint density at radius 2 is 1.89 bits per heavy atom. The zero-order valence-electron chi connectivity index (χ0n) is 16.7. The number of ether oxygens (including phenoxy) is 1. The number of hydrogen-bond donors (Lipinski definition) is 0. The summed E-state index contributed by atoms with van der Waals surface area (Å²) in [7, 11) is 1.85. The first-order chi connectivity index (χ1) is 13.5. The topological polar surface area (TPSA) is 65.2 Å². The molecule has 1 atom stereocenters. The molecule has 1 fully saturated rings. The van der Waals surface area contributed by atoms with Gasteiger partial charge in [-0.3, -0.25) is 9.48 Å². The van der Waals surface area contributed by atoms with Gasteiger partial charge in [-0.15, -0.1) is 0 Å². The second-order valence-corrected chi connectivity index (χ2v) is 7.22. The van der Waals surface area contributed by atoms with E-state index in [0.29, 0.717) is 25.5 Å². The van der Waals surface area contributed by atoms with Crippen molar-refractivity contribution in [3.8, 4) is 5.69 Å². The van der Waals surface area contributed by atoms with Crippen LogP contribution >= 0.6 is 0 Å². The average Bonchev–Trinajstić information content (AvgIpc) is 3.20. The van der Waals surface area contributed by atoms with Crippen LogP contribution in [0, 0.1) is 20.8 Å². The first kappa shape index (κ1) is 18.4. The van der Waals surface area contributed by atoms with Gasteiger partial charge in [-0.25, -0.2) is 4.68 Å². The van der Waals surface area contributed by atoms with E-state index in [1.54, 1.807) is 4.68 Å². The third kappa shape index (κ3) is 3.11. The number of hydrogen-bond acceptors (Lipinski definition) is 4. The Morgan fingerprint density at radius 3 is 2.57 bits per heavy atom. The summed E-state index contributed by atoms with van der Waals surface area (Å²) < 4.78 is 9.42. The van der Waals surface area contributed by atoms with Crippen molar-refractivity contribution in [2.24, 2.45) is 7.05 Å². The van der Waals surface area contributed by atoms with Gasteiger partial charge in [0.1, 0.15) is 0 Å². The Kier molecular flexibility index (Phi) is 4.77. The number of carbonyl (C=O) groups excluding carboxylic acids is 1. The van der Waals surface area contributed by atoms with Crippen LogP contribution in [0.5, 0.6) is 0 Å². The average molecular weight is 379 g/mol. The minimum Gasteiger partial charge on any atom is -0.377 e. The van der Waals surface area contributed by atoms with E-state index in [1.165, 1.54) is 0 Å². The van der Waals surface area contributed by atoms with Crippen LogP contribution in [0.1, 0.15) is 39.2 Å². The van der Waals surface area contributed by atoms with Gasteiger partial charge in [-0.2, -0.15) is 10.2 Å².